The van der Waals surface area contributed by atoms with Crippen LogP contribution in [0.5, 0.6) is 0 Å². The van der Waals surface area contributed by atoms with Gasteiger partial charge in [0.2, 0.25) is 0 Å². The molecule has 0 fully saturated rings. The highest BCUT2D eigenvalue weighted by Crippen LogP contribution is 2.19. The van der Waals surface area contributed by atoms with Crippen molar-refractivity contribution in [2.24, 2.45) is 5.92 Å². The number of nitrogens with zero attached hydrogens (tertiary/aromatic N) is 3. The van der Waals surface area contributed by atoms with Crippen LogP contribution in [0.25, 0.3) is 0 Å². The van der Waals surface area contributed by atoms with Gasteiger partial charge in [0.25, 0.3) is 0 Å². The molecule has 0 spiro atoms. The van der Waals surface area contributed by atoms with Crippen LogP contribution in [0.15, 0.2) is 12.4 Å². The quantitative estimate of drug-likeness (QED) is 0.669. The molecule has 0 aliphatic carbocycles. The molecule has 4 heteroatoms. The van der Waals surface area contributed by atoms with Crippen LogP contribution in [-0.4, -0.2) is 29.1 Å². The number of nitrogens with one attached hydrogen (secondary N) is 1. The van der Waals surface area contributed by atoms with Crippen LogP contribution in [0.3, 0.4) is 0 Å². The van der Waals surface area contributed by atoms with Crippen molar-refractivity contribution in [1.82, 2.24) is 15.3 Å². The standard InChI is InChI=1S/C17H32N4/c1-6-9-18-10-15-11-19-12-17(20-15)21(13-14(4)5)16(7-2)8-3/h11-12,14,16,18H,6-10,13H2,1-5H3. The van der Waals surface area contributed by atoms with Gasteiger partial charge >= 0.3 is 0 Å². The van der Waals surface area contributed by atoms with Crippen LogP contribution in [0, 0.1) is 5.92 Å². The summed E-state index contributed by atoms with van der Waals surface area (Å²) in [4.78, 5) is 11.6. The molecular formula is C17H32N4. The van der Waals surface area contributed by atoms with E-state index in [1.54, 1.807) is 0 Å². The minimum absolute atomic E-state index is 0.542. The average molecular weight is 292 g/mol. The van der Waals surface area contributed by atoms with Crippen molar-refractivity contribution in [3.63, 3.8) is 0 Å². The Labute approximate surface area is 130 Å². The zero-order chi connectivity index (χ0) is 15.7. The third kappa shape index (κ3) is 6.00. The maximum Gasteiger partial charge on any atom is 0.147 e. The van der Waals surface area contributed by atoms with E-state index in [-0.39, 0.29) is 0 Å². The van der Waals surface area contributed by atoms with E-state index in [2.05, 4.69) is 49.8 Å². The van der Waals surface area contributed by atoms with Gasteiger partial charge in [-0.15, -0.1) is 0 Å². The Balaban J connectivity index is 2.87. The van der Waals surface area contributed by atoms with E-state index >= 15 is 0 Å². The van der Waals surface area contributed by atoms with E-state index in [4.69, 9.17) is 4.98 Å². The molecule has 0 radical (unpaired) electrons. The highest BCUT2D eigenvalue weighted by atomic mass is 15.2. The molecule has 0 saturated carbocycles. The third-order valence-electron chi connectivity index (χ3n) is 3.64. The smallest absolute Gasteiger partial charge is 0.147 e. The van der Waals surface area contributed by atoms with E-state index in [0.717, 1.165) is 50.4 Å². The zero-order valence-electron chi connectivity index (χ0n) is 14.4. The second-order valence-corrected chi connectivity index (χ2v) is 6.06. The maximum absolute atomic E-state index is 4.82. The zero-order valence-corrected chi connectivity index (χ0v) is 14.4. The Bertz CT molecular complexity index is 388. The summed E-state index contributed by atoms with van der Waals surface area (Å²) in [5.41, 5.74) is 1.03. The number of rotatable bonds is 10. The Morgan fingerprint density at radius 3 is 2.43 bits per heavy atom. The topological polar surface area (TPSA) is 41.1 Å². The monoisotopic (exact) mass is 292 g/mol. The minimum atomic E-state index is 0.542. The van der Waals surface area contributed by atoms with Gasteiger partial charge in [0.1, 0.15) is 5.82 Å². The lowest BCUT2D eigenvalue weighted by Crippen LogP contribution is -2.38. The number of hydrogen-bond donors (Lipinski definition) is 1. The minimum Gasteiger partial charge on any atom is -0.352 e. The molecule has 0 amide bonds. The predicted octanol–water partition coefficient (Wildman–Crippen LogP) is 3.63. The molecule has 0 aliphatic heterocycles. The summed E-state index contributed by atoms with van der Waals surface area (Å²) < 4.78 is 0. The van der Waals surface area contributed by atoms with Gasteiger partial charge in [-0.3, -0.25) is 4.98 Å². The predicted molar refractivity (Wildman–Crippen MR) is 90.6 cm³/mol. The van der Waals surface area contributed by atoms with E-state index in [1.807, 2.05) is 12.4 Å². The van der Waals surface area contributed by atoms with Gasteiger partial charge in [0, 0.05) is 25.3 Å². The molecule has 1 N–H and O–H groups in total. The summed E-state index contributed by atoms with van der Waals surface area (Å²) in [6, 6.07) is 0.542. The van der Waals surface area contributed by atoms with E-state index in [0.29, 0.717) is 12.0 Å². The average Bonchev–Trinajstić information content (AvgIpc) is 2.48. The summed E-state index contributed by atoms with van der Waals surface area (Å²) >= 11 is 0. The van der Waals surface area contributed by atoms with Gasteiger partial charge in [-0.1, -0.05) is 34.6 Å². The van der Waals surface area contributed by atoms with Crippen LogP contribution < -0.4 is 10.2 Å². The van der Waals surface area contributed by atoms with Gasteiger partial charge in [-0.25, -0.2) is 4.98 Å². The van der Waals surface area contributed by atoms with Gasteiger partial charge < -0.3 is 10.2 Å². The van der Waals surface area contributed by atoms with Crippen molar-refractivity contribution < 1.29 is 0 Å². The first kappa shape index (κ1) is 17.9. The van der Waals surface area contributed by atoms with Gasteiger partial charge in [0.05, 0.1) is 11.9 Å². The van der Waals surface area contributed by atoms with Crippen LogP contribution in [-0.2, 0) is 6.54 Å². The molecule has 4 nitrogen and oxygen atoms in total. The Morgan fingerprint density at radius 1 is 1.14 bits per heavy atom. The fourth-order valence-corrected chi connectivity index (χ4v) is 2.56. The third-order valence-corrected chi connectivity index (χ3v) is 3.64. The lowest BCUT2D eigenvalue weighted by atomic mass is 10.1. The molecule has 0 saturated heterocycles. The summed E-state index contributed by atoms with van der Waals surface area (Å²) in [5, 5.41) is 3.39. The number of anilines is 1. The van der Waals surface area contributed by atoms with Crippen LogP contribution in [0.1, 0.15) is 59.6 Å². The second kappa shape index (κ2) is 9.72. The lowest BCUT2D eigenvalue weighted by Gasteiger charge is -2.33. The SMILES string of the molecule is CCCNCc1cncc(N(CC(C)C)C(CC)CC)n1. The highest BCUT2D eigenvalue weighted by Gasteiger charge is 2.18. The molecule has 0 atom stereocenters. The Morgan fingerprint density at radius 2 is 1.86 bits per heavy atom. The number of aromatic nitrogens is 2. The van der Waals surface area contributed by atoms with Crippen molar-refractivity contribution in [2.75, 3.05) is 18.0 Å². The summed E-state index contributed by atoms with van der Waals surface area (Å²) in [6.07, 6.45) is 7.20. The molecule has 0 bridgehead atoms. The van der Waals surface area contributed by atoms with E-state index in [9.17, 15) is 0 Å². The summed E-state index contributed by atoms with van der Waals surface area (Å²) in [5.74, 6) is 1.64. The summed E-state index contributed by atoms with van der Waals surface area (Å²) in [6.45, 7) is 14.1. The molecule has 0 unspecified atom stereocenters. The molecule has 1 heterocycles. The molecule has 21 heavy (non-hydrogen) atoms. The van der Waals surface area contributed by atoms with Crippen molar-refractivity contribution in [3.05, 3.63) is 18.1 Å². The normalized spacial score (nSPS) is 11.4. The van der Waals surface area contributed by atoms with Crippen molar-refractivity contribution in [1.29, 1.82) is 0 Å². The van der Waals surface area contributed by atoms with E-state index < -0.39 is 0 Å². The molecule has 0 aliphatic rings. The molecular weight excluding hydrogens is 260 g/mol. The first-order valence-electron chi connectivity index (χ1n) is 8.40. The molecule has 1 aromatic rings. The van der Waals surface area contributed by atoms with Crippen molar-refractivity contribution in [3.8, 4) is 0 Å². The lowest BCUT2D eigenvalue weighted by molar-refractivity contribution is 0.501. The molecule has 1 aromatic heterocycles. The fourth-order valence-electron chi connectivity index (χ4n) is 2.56. The van der Waals surface area contributed by atoms with Gasteiger partial charge in [-0.2, -0.15) is 0 Å². The van der Waals surface area contributed by atoms with Crippen LogP contribution in [0.4, 0.5) is 5.82 Å². The summed E-state index contributed by atoms with van der Waals surface area (Å²) in [7, 11) is 0. The van der Waals surface area contributed by atoms with Crippen molar-refractivity contribution >= 4 is 5.82 Å². The van der Waals surface area contributed by atoms with Crippen LogP contribution >= 0.6 is 0 Å². The molecule has 0 aromatic carbocycles. The van der Waals surface area contributed by atoms with Gasteiger partial charge in [0.15, 0.2) is 0 Å². The second-order valence-electron chi connectivity index (χ2n) is 6.06. The maximum atomic E-state index is 4.82. The first-order chi connectivity index (χ1) is 10.1. The van der Waals surface area contributed by atoms with Gasteiger partial charge in [-0.05, 0) is 31.7 Å². The van der Waals surface area contributed by atoms with E-state index in [1.165, 1.54) is 0 Å². The van der Waals surface area contributed by atoms with Crippen molar-refractivity contribution in [2.45, 2.75) is 66.5 Å². The van der Waals surface area contributed by atoms with Crippen LogP contribution in [0.2, 0.25) is 0 Å². The molecule has 1 rings (SSSR count). The fraction of sp³-hybridized carbons (Fsp3) is 0.765. The molecule has 120 valence electrons. The largest absolute Gasteiger partial charge is 0.352 e. The Kier molecular flexibility index (Phi) is 8.28. The first-order valence-corrected chi connectivity index (χ1v) is 8.40. The number of hydrogen-bond acceptors (Lipinski definition) is 4. The Hall–Kier alpha value is -1.16. The highest BCUT2D eigenvalue weighted by molar-refractivity contribution is 5.38.